The van der Waals surface area contributed by atoms with E-state index in [-0.39, 0.29) is 12.3 Å². The summed E-state index contributed by atoms with van der Waals surface area (Å²) in [6, 6.07) is 15.6. The predicted octanol–water partition coefficient (Wildman–Crippen LogP) is 3.24. The Kier molecular flexibility index (Phi) is 3.90. The number of methoxy groups -OCH3 is 1. The highest BCUT2D eigenvalue weighted by Gasteiger charge is 2.20. The number of benzene rings is 2. The lowest BCUT2D eigenvalue weighted by Gasteiger charge is -2.09. The second-order valence-electron chi connectivity index (χ2n) is 5.96. The molecule has 0 radical (unpaired) electrons. The molecular weight excluding hydrogens is 314 g/mol. The molecule has 2 heterocycles. The third kappa shape index (κ3) is 3.08. The van der Waals surface area contributed by atoms with Crippen molar-refractivity contribution in [1.29, 1.82) is 0 Å². The predicted molar refractivity (Wildman–Crippen MR) is 95.6 cm³/mol. The molecule has 1 aromatic heterocycles. The van der Waals surface area contributed by atoms with Gasteiger partial charge in [0.05, 0.1) is 24.9 Å². The van der Waals surface area contributed by atoms with E-state index >= 15 is 0 Å². The molecule has 0 unspecified atom stereocenters. The minimum atomic E-state index is -0.0438. The van der Waals surface area contributed by atoms with Gasteiger partial charge in [0.15, 0.2) is 0 Å². The SMILES string of the molecule is COc1ccc(Cc2ncc3c(n2)-c2ccccc2NC(=O)C3)cc1. The number of aromatic nitrogens is 2. The molecule has 0 spiro atoms. The van der Waals surface area contributed by atoms with Crippen molar-refractivity contribution >= 4 is 11.6 Å². The third-order valence-electron chi connectivity index (χ3n) is 4.24. The first-order chi connectivity index (χ1) is 12.2. The van der Waals surface area contributed by atoms with Crippen LogP contribution in [0.15, 0.2) is 54.7 Å². The number of carbonyl (C=O) groups excluding carboxylic acids is 1. The van der Waals surface area contributed by atoms with Crippen molar-refractivity contribution in [1.82, 2.24) is 9.97 Å². The van der Waals surface area contributed by atoms with Gasteiger partial charge in [-0.15, -0.1) is 0 Å². The van der Waals surface area contributed by atoms with E-state index in [4.69, 9.17) is 9.72 Å². The quantitative estimate of drug-likeness (QED) is 0.800. The number of anilines is 1. The van der Waals surface area contributed by atoms with Crippen molar-refractivity contribution < 1.29 is 9.53 Å². The average molecular weight is 331 g/mol. The number of hydrogen-bond donors (Lipinski definition) is 1. The number of nitrogens with one attached hydrogen (secondary N) is 1. The first-order valence-corrected chi connectivity index (χ1v) is 8.10. The van der Waals surface area contributed by atoms with Crippen LogP contribution in [0, 0.1) is 0 Å². The number of rotatable bonds is 3. The molecule has 4 rings (SSSR count). The van der Waals surface area contributed by atoms with E-state index in [9.17, 15) is 4.79 Å². The third-order valence-corrected chi connectivity index (χ3v) is 4.24. The normalized spacial score (nSPS) is 12.6. The Morgan fingerprint density at radius 3 is 2.72 bits per heavy atom. The van der Waals surface area contributed by atoms with E-state index in [0.717, 1.165) is 39.6 Å². The van der Waals surface area contributed by atoms with Gasteiger partial charge >= 0.3 is 0 Å². The number of nitrogens with zero attached hydrogens (tertiary/aromatic N) is 2. The summed E-state index contributed by atoms with van der Waals surface area (Å²) in [4.78, 5) is 21.3. The lowest BCUT2D eigenvalue weighted by atomic mass is 10.0. The molecule has 1 aliphatic heterocycles. The molecule has 1 amide bonds. The maximum atomic E-state index is 12.1. The zero-order valence-corrected chi connectivity index (χ0v) is 13.8. The van der Waals surface area contributed by atoms with Crippen LogP contribution in [0.25, 0.3) is 11.3 Å². The summed E-state index contributed by atoms with van der Waals surface area (Å²) < 4.78 is 5.19. The van der Waals surface area contributed by atoms with Crippen molar-refractivity contribution in [3.63, 3.8) is 0 Å². The van der Waals surface area contributed by atoms with Gasteiger partial charge in [0.25, 0.3) is 0 Å². The highest BCUT2D eigenvalue weighted by Crippen LogP contribution is 2.32. The number of para-hydroxylation sites is 1. The van der Waals surface area contributed by atoms with E-state index in [2.05, 4.69) is 10.3 Å². The maximum absolute atomic E-state index is 12.1. The molecule has 0 fully saturated rings. The second kappa shape index (κ2) is 6.36. The van der Waals surface area contributed by atoms with Gasteiger partial charge in [0.2, 0.25) is 5.91 Å². The monoisotopic (exact) mass is 331 g/mol. The average Bonchev–Trinajstić information content (AvgIpc) is 2.78. The van der Waals surface area contributed by atoms with Crippen LogP contribution < -0.4 is 10.1 Å². The topological polar surface area (TPSA) is 64.1 Å². The first kappa shape index (κ1) is 15.3. The molecule has 25 heavy (non-hydrogen) atoms. The summed E-state index contributed by atoms with van der Waals surface area (Å²) in [7, 11) is 1.65. The van der Waals surface area contributed by atoms with Crippen LogP contribution in [-0.2, 0) is 17.6 Å². The van der Waals surface area contributed by atoms with Crippen molar-refractivity contribution in [3.05, 3.63) is 71.7 Å². The van der Waals surface area contributed by atoms with Crippen LogP contribution in [0.2, 0.25) is 0 Å². The van der Waals surface area contributed by atoms with Crippen molar-refractivity contribution in [3.8, 4) is 17.0 Å². The van der Waals surface area contributed by atoms with Crippen molar-refractivity contribution in [2.45, 2.75) is 12.8 Å². The van der Waals surface area contributed by atoms with Gasteiger partial charge < -0.3 is 10.1 Å². The summed E-state index contributed by atoms with van der Waals surface area (Å²) in [5.41, 5.74) is 4.51. The van der Waals surface area contributed by atoms with Gasteiger partial charge in [-0.3, -0.25) is 4.79 Å². The molecule has 5 heteroatoms. The Morgan fingerprint density at radius 2 is 1.92 bits per heavy atom. The van der Waals surface area contributed by atoms with Crippen LogP contribution in [0.1, 0.15) is 17.0 Å². The Balaban J connectivity index is 1.72. The van der Waals surface area contributed by atoms with E-state index in [0.29, 0.717) is 6.42 Å². The van der Waals surface area contributed by atoms with Gasteiger partial charge in [-0.05, 0) is 23.8 Å². The van der Waals surface area contributed by atoms with E-state index in [1.807, 2.05) is 48.5 Å². The molecule has 0 saturated carbocycles. The van der Waals surface area contributed by atoms with E-state index < -0.39 is 0 Å². The van der Waals surface area contributed by atoms with Crippen LogP contribution in [-0.4, -0.2) is 23.0 Å². The van der Waals surface area contributed by atoms with Crippen molar-refractivity contribution in [2.24, 2.45) is 0 Å². The van der Waals surface area contributed by atoms with Gasteiger partial charge in [-0.25, -0.2) is 9.97 Å². The van der Waals surface area contributed by atoms with E-state index in [1.165, 1.54) is 0 Å². The molecule has 2 aromatic carbocycles. The smallest absolute Gasteiger partial charge is 0.228 e. The lowest BCUT2D eigenvalue weighted by molar-refractivity contribution is -0.115. The van der Waals surface area contributed by atoms with Gasteiger partial charge in [0, 0.05) is 23.7 Å². The van der Waals surface area contributed by atoms with E-state index in [1.54, 1.807) is 13.3 Å². The molecule has 0 atom stereocenters. The molecule has 1 N–H and O–H groups in total. The molecule has 5 nitrogen and oxygen atoms in total. The van der Waals surface area contributed by atoms with Crippen LogP contribution in [0.4, 0.5) is 5.69 Å². The largest absolute Gasteiger partial charge is 0.497 e. The van der Waals surface area contributed by atoms with Gasteiger partial charge in [-0.1, -0.05) is 30.3 Å². The minimum absolute atomic E-state index is 0.0438. The number of amides is 1. The fraction of sp³-hybridized carbons (Fsp3) is 0.150. The maximum Gasteiger partial charge on any atom is 0.228 e. The summed E-state index contributed by atoms with van der Waals surface area (Å²) >= 11 is 0. The standard InChI is InChI=1S/C20H17N3O2/c1-25-15-8-6-13(7-9-15)10-18-21-12-14-11-19(24)22-17-5-3-2-4-16(17)20(14)23-18/h2-9,12H,10-11H2,1H3,(H,22,24). The van der Waals surface area contributed by atoms with Gasteiger partial charge in [0.1, 0.15) is 11.6 Å². The Morgan fingerprint density at radius 1 is 1.12 bits per heavy atom. The number of carbonyl (C=O) groups is 1. The van der Waals surface area contributed by atoms with Gasteiger partial charge in [-0.2, -0.15) is 0 Å². The molecule has 0 saturated heterocycles. The zero-order valence-electron chi connectivity index (χ0n) is 13.8. The fourth-order valence-corrected chi connectivity index (χ4v) is 2.98. The Hall–Kier alpha value is -3.21. The molecule has 1 aliphatic rings. The highest BCUT2D eigenvalue weighted by molar-refractivity contribution is 5.99. The fourth-order valence-electron chi connectivity index (χ4n) is 2.98. The Labute approximate surface area is 145 Å². The Bertz CT molecular complexity index is 936. The first-order valence-electron chi connectivity index (χ1n) is 8.10. The van der Waals surface area contributed by atoms with Crippen LogP contribution in [0.3, 0.4) is 0 Å². The second-order valence-corrected chi connectivity index (χ2v) is 5.96. The molecular formula is C20H17N3O2. The van der Waals surface area contributed by atoms with Crippen LogP contribution in [0.5, 0.6) is 5.75 Å². The van der Waals surface area contributed by atoms with Crippen molar-refractivity contribution in [2.75, 3.05) is 12.4 Å². The molecule has 0 bridgehead atoms. The zero-order chi connectivity index (χ0) is 17.2. The number of hydrogen-bond acceptors (Lipinski definition) is 4. The summed E-state index contributed by atoms with van der Waals surface area (Å²) in [6.45, 7) is 0. The molecule has 0 aliphatic carbocycles. The highest BCUT2D eigenvalue weighted by atomic mass is 16.5. The minimum Gasteiger partial charge on any atom is -0.497 e. The summed E-state index contributed by atoms with van der Waals surface area (Å²) in [5.74, 6) is 1.51. The number of ether oxygens (including phenoxy) is 1. The summed E-state index contributed by atoms with van der Waals surface area (Å²) in [5, 5.41) is 2.93. The number of fused-ring (bicyclic) bond motifs is 3. The lowest BCUT2D eigenvalue weighted by Crippen LogP contribution is -2.12. The summed E-state index contributed by atoms with van der Waals surface area (Å²) in [6.07, 6.45) is 2.68. The molecule has 124 valence electrons. The van der Waals surface area contributed by atoms with Crippen LogP contribution >= 0.6 is 0 Å². The molecule has 3 aromatic rings.